The Labute approximate surface area is 160 Å². The number of benzene rings is 2. The number of hydrogen-bond donors (Lipinski definition) is 1. The number of aromatic nitrogens is 2. The molecule has 0 atom stereocenters. The van der Waals surface area contributed by atoms with Crippen molar-refractivity contribution in [2.45, 2.75) is 13.0 Å². The van der Waals surface area contributed by atoms with Crippen molar-refractivity contribution in [1.29, 1.82) is 0 Å². The summed E-state index contributed by atoms with van der Waals surface area (Å²) in [6, 6.07) is 13.3. The van der Waals surface area contributed by atoms with Crippen LogP contribution in [-0.4, -0.2) is 34.4 Å². The molecule has 0 aliphatic heterocycles. The van der Waals surface area contributed by atoms with Crippen molar-refractivity contribution in [3.63, 3.8) is 0 Å². The number of para-hydroxylation sites is 2. The first-order valence-corrected chi connectivity index (χ1v) is 8.63. The van der Waals surface area contributed by atoms with Crippen molar-refractivity contribution in [3.8, 4) is 0 Å². The van der Waals surface area contributed by atoms with E-state index < -0.39 is 4.92 Å². The van der Waals surface area contributed by atoms with Gasteiger partial charge in [-0.25, -0.2) is 10.4 Å². The highest BCUT2D eigenvalue weighted by Gasteiger charge is 2.12. The van der Waals surface area contributed by atoms with E-state index in [1.54, 1.807) is 49.6 Å². The first kappa shape index (κ1) is 19.2. The summed E-state index contributed by atoms with van der Waals surface area (Å²) >= 11 is 0. The number of hydrogen-bond acceptors (Lipinski definition) is 7. The number of nitro benzene ring substituents is 1. The number of nitro groups is 1. The fourth-order valence-corrected chi connectivity index (χ4v) is 2.75. The Morgan fingerprint density at radius 2 is 2.00 bits per heavy atom. The van der Waals surface area contributed by atoms with Gasteiger partial charge in [0.2, 0.25) is 5.95 Å². The van der Waals surface area contributed by atoms with Crippen molar-refractivity contribution < 1.29 is 9.66 Å². The molecule has 3 rings (SSSR count). The molecule has 9 heteroatoms. The number of rotatable bonds is 8. The number of anilines is 1. The molecule has 0 aliphatic carbocycles. The summed E-state index contributed by atoms with van der Waals surface area (Å²) in [5.74, 6) is 0.259. The molecule has 3 aromatic rings. The third-order valence-electron chi connectivity index (χ3n) is 4.09. The lowest BCUT2D eigenvalue weighted by atomic mass is 10.2. The van der Waals surface area contributed by atoms with Crippen LogP contribution in [0.3, 0.4) is 0 Å². The van der Waals surface area contributed by atoms with Gasteiger partial charge in [0.15, 0.2) is 0 Å². The maximum Gasteiger partial charge on any atom is 0.278 e. The maximum atomic E-state index is 12.8. The molecule has 1 N–H and O–H groups in total. The lowest BCUT2D eigenvalue weighted by Crippen LogP contribution is -2.25. The van der Waals surface area contributed by atoms with E-state index in [4.69, 9.17) is 4.74 Å². The summed E-state index contributed by atoms with van der Waals surface area (Å²) in [6.45, 7) is 0.895. The fourth-order valence-electron chi connectivity index (χ4n) is 2.75. The van der Waals surface area contributed by atoms with Gasteiger partial charge in [-0.1, -0.05) is 24.3 Å². The van der Waals surface area contributed by atoms with E-state index in [1.807, 2.05) is 0 Å². The SMILES string of the molecule is COCCCn1c(N/N=C\c2ccccc2[N+](=O)[O-])nc2ccccc2c1=O. The van der Waals surface area contributed by atoms with Crippen LogP contribution in [0.2, 0.25) is 0 Å². The van der Waals surface area contributed by atoms with Crippen molar-refractivity contribution in [1.82, 2.24) is 9.55 Å². The smallest absolute Gasteiger partial charge is 0.278 e. The Bertz CT molecular complexity index is 1080. The summed E-state index contributed by atoms with van der Waals surface area (Å²) in [6.07, 6.45) is 1.96. The number of nitrogens with one attached hydrogen (secondary N) is 1. The minimum Gasteiger partial charge on any atom is -0.385 e. The monoisotopic (exact) mass is 381 g/mol. The number of hydrazone groups is 1. The van der Waals surface area contributed by atoms with Gasteiger partial charge in [0.25, 0.3) is 11.2 Å². The molecule has 2 aromatic carbocycles. The van der Waals surface area contributed by atoms with Crippen molar-refractivity contribution in [2.75, 3.05) is 19.1 Å². The molecule has 0 saturated carbocycles. The molecule has 0 bridgehead atoms. The molecule has 0 spiro atoms. The first-order valence-electron chi connectivity index (χ1n) is 8.63. The zero-order chi connectivity index (χ0) is 19.9. The van der Waals surface area contributed by atoms with Crippen LogP contribution in [0.25, 0.3) is 10.9 Å². The molecule has 0 aliphatic rings. The van der Waals surface area contributed by atoms with Gasteiger partial charge in [-0.2, -0.15) is 5.10 Å². The first-order chi connectivity index (χ1) is 13.6. The van der Waals surface area contributed by atoms with Crippen LogP contribution in [0.15, 0.2) is 58.4 Å². The van der Waals surface area contributed by atoms with Crippen LogP contribution >= 0.6 is 0 Å². The third-order valence-corrected chi connectivity index (χ3v) is 4.09. The van der Waals surface area contributed by atoms with Gasteiger partial charge >= 0.3 is 0 Å². The second-order valence-electron chi connectivity index (χ2n) is 5.94. The Morgan fingerprint density at radius 1 is 1.25 bits per heavy atom. The lowest BCUT2D eigenvalue weighted by molar-refractivity contribution is -0.385. The highest BCUT2D eigenvalue weighted by Crippen LogP contribution is 2.16. The van der Waals surface area contributed by atoms with E-state index in [9.17, 15) is 14.9 Å². The predicted molar refractivity (Wildman–Crippen MR) is 107 cm³/mol. The van der Waals surface area contributed by atoms with Crippen molar-refractivity contribution >= 4 is 28.8 Å². The van der Waals surface area contributed by atoms with Crippen molar-refractivity contribution in [3.05, 3.63) is 74.6 Å². The molecule has 144 valence electrons. The molecule has 28 heavy (non-hydrogen) atoms. The van der Waals surface area contributed by atoms with Gasteiger partial charge in [-0.3, -0.25) is 19.5 Å². The minimum atomic E-state index is -0.476. The van der Waals surface area contributed by atoms with Gasteiger partial charge in [-0.05, 0) is 24.6 Å². The van der Waals surface area contributed by atoms with Crippen LogP contribution in [-0.2, 0) is 11.3 Å². The molecule has 1 aromatic heterocycles. The van der Waals surface area contributed by atoms with E-state index >= 15 is 0 Å². The highest BCUT2D eigenvalue weighted by atomic mass is 16.6. The van der Waals surface area contributed by atoms with Crippen LogP contribution in [0, 0.1) is 10.1 Å². The third kappa shape index (κ3) is 4.21. The molecule has 9 nitrogen and oxygen atoms in total. The normalized spacial score (nSPS) is 11.2. The average Bonchev–Trinajstić information content (AvgIpc) is 2.70. The van der Waals surface area contributed by atoms with Crippen LogP contribution in [0.1, 0.15) is 12.0 Å². The molecule has 0 unspecified atom stereocenters. The molecule has 1 heterocycles. The van der Waals surface area contributed by atoms with Crippen LogP contribution in [0.4, 0.5) is 11.6 Å². The number of methoxy groups -OCH3 is 1. The highest BCUT2D eigenvalue weighted by molar-refractivity contribution is 5.85. The molecular weight excluding hydrogens is 362 g/mol. The van der Waals surface area contributed by atoms with E-state index in [1.165, 1.54) is 16.8 Å². The number of fused-ring (bicyclic) bond motifs is 1. The van der Waals surface area contributed by atoms with Crippen LogP contribution < -0.4 is 11.0 Å². The summed E-state index contributed by atoms with van der Waals surface area (Å²) in [7, 11) is 1.59. The van der Waals surface area contributed by atoms with E-state index in [-0.39, 0.29) is 17.2 Å². The van der Waals surface area contributed by atoms with E-state index in [0.717, 1.165) is 0 Å². The Morgan fingerprint density at radius 3 is 2.79 bits per heavy atom. The molecule has 0 fully saturated rings. The maximum absolute atomic E-state index is 12.8. The summed E-state index contributed by atoms with van der Waals surface area (Å²) < 4.78 is 6.54. The van der Waals surface area contributed by atoms with E-state index in [0.29, 0.717) is 36.0 Å². The predicted octanol–water partition coefficient (Wildman–Crippen LogP) is 2.79. The molecule has 0 amide bonds. The van der Waals surface area contributed by atoms with Gasteiger partial charge in [0.1, 0.15) is 0 Å². The Balaban J connectivity index is 1.94. The lowest BCUT2D eigenvalue weighted by Gasteiger charge is -2.12. The Kier molecular flexibility index (Phi) is 6.07. The summed E-state index contributed by atoms with van der Waals surface area (Å²) in [5, 5.41) is 15.7. The second-order valence-corrected chi connectivity index (χ2v) is 5.94. The van der Waals surface area contributed by atoms with Crippen molar-refractivity contribution in [2.24, 2.45) is 5.10 Å². The van der Waals surface area contributed by atoms with Gasteiger partial charge < -0.3 is 4.74 Å². The Hall–Kier alpha value is -3.59. The fraction of sp³-hybridized carbons (Fsp3) is 0.211. The largest absolute Gasteiger partial charge is 0.385 e. The number of nitrogens with zero attached hydrogens (tertiary/aromatic N) is 4. The summed E-state index contributed by atoms with van der Waals surface area (Å²) in [4.78, 5) is 27.9. The standard InChI is InChI=1S/C19H19N5O4/c1-28-12-6-11-23-18(25)15-8-3-4-9-16(15)21-19(23)22-20-13-14-7-2-5-10-17(14)24(26)27/h2-5,7-10,13H,6,11-12H2,1H3,(H,21,22)/b20-13-. The second kappa shape index (κ2) is 8.87. The number of ether oxygens (including phenoxy) is 1. The van der Waals surface area contributed by atoms with Gasteiger partial charge in [-0.15, -0.1) is 0 Å². The molecule has 0 radical (unpaired) electrons. The topological polar surface area (TPSA) is 112 Å². The quantitative estimate of drug-likeness (QED) is 0.278. The minimum absolute atomic E-state index is 0.0583. The zero-order valence-corrected chi connectivity index (χ0v) is 15.2. The van der Waals surface area contributed by atoms with E-state index in [2.05, 4.69) is 15.5 Å². The zero-order valence-electron chi connectivity index (χ0n) is 15.2. The summed E-state index contributed by atoms with van der Waals surface area (Å²) in [5.41, 5.74) is 3.38. The molecule has 0 saturated heterocycles. The van der Waals surface area contributed by atoms with Gasteiger partial charge in [0.05, 0.1) is 27.6 Å². The van der Waals surface area contributed by atoms with Crippen LogP contribution in [0.5, 0.6) is 0 Å². The molecular formula is C19H19N5O4. The average molecular weight is 381 g/mol. The van der Waals surface area contributed by atoms with Gasteiger partial charge in [0, 0.05) is 26.3 Å².